The molecular formula is C21H27N3O5. The van der Waals surface area contributed by atoms with Crippen molar-refractivity contribution < 1.29 is 23.9 Å². The van der Waals surface area contributed by atoms with E-state index in [0.29, 0.717) is 19.4 Å². The molecule has 1 aromatic carbocycles. The summed E-state index contributed by atoms with van der Waals surface area (Å²) in [7, 11) is 0. The normalized spacial score (nSPS) is 17.7. The number of hydrogen-bond donors (Lipinski definition) is 1. The van der Waals surface area contributed by atoms with Crippen LogP contribution in [0.15, 0.2) is 30.3 Å². The van der Waals surface area contributed by atoms with Crippen LogP contribution in [0.4, 0.5) is 4.79 Å². The quantitative estimate of drug-likeness (QED) is 0.555. The number of hydrogen-bond acceptors (Lipinski definition) is 5. The Hall–Kier alpha value is -2.90. The van der Waals surface area contributed by atoms with Crippen molar-refractivity contribution in [3.8, 4) is 0 Å². The Kier molecular flexibility index (Phi) is 6.20. The van der Waals surface area contributed by atoms with Gasteiger partial charge in [0.05, 0.1) is 0 Å². The maximum atomic E-state index is 12.6. The summed E-state index contributed by atoms with van der Waals surface area (Å²) in [6.07, 6.45) is 2.91. The van der Waals surface area contributed by atoms with Crippen molar-refractivity contribution in [2.75, 3.05) is 13.2 Å². The molecule has 2 aliphatic rings. The first-order chi connectivity index (χ1) is 13.8. The van der Waals surface area contributed by atoms with E-state index in [1.807, 2.05) is 44.2 Å². The fraction of sp³-hybridized carbons (Fsp3) is 0.524. The lowest BCUT2D eigenvalue weighted by atomic mass is 9.98. The second kappa shape index (κ2) is 8.63. The number of nitrogens with zero attached hydrogens (tertiary/aromatic N) is 2. The largest absolute Gasteiger partial charge is 0.454 e. The maximum absolute atomic E-state index is 12.6. The van der Waals surface area contributed by atoms with E-state index in [-0.39, 0.29) is 17.9 Å². The summed E-state index contributed by atoms with van der Waals surface area (Å²) in [4.78, 5) is 51.9. The number of benzene rings is 1. The molecule has 2 fully saturated rings. The van der Waals surface area contributed by atoms with E-state index in [1.54, 1.807) is 4.90 Å². The van der Waals surface area contributed by atoms with Crippen LogP contribution in [0, 0.1) is 0 Å². The number of rotatable bonds is 7. The molecule has 1 saturated carbocycles. The molecule has 0 radical (unpaired) electrons. The number of carbonyl (C=O) groups excluding carboxylic acids is 4. The standard InChI is InChI=1S/C21H27N3O5/c1-15(2)23(12-16-8-4-3-5-9-16)17(25)14-29-18(26)13-24-19(27)21(22-20(24)28)10-6-7-11-21/h3-5,8-9,15H,6-7,10-14H2,1-2H3,(H,22,28). The number of urea groups is 1. The molecule has 0 bridgehead atoms. The van der Waals surface area contributed by atoms with E-state index < -0.39 is 30.7 Å². The first kappa shape index (κ1) is 20.8. The highest BCUT2D eigenvalue weighted by Gasteiger charge is 2.52. The Bertz CT molecular complexity index is 787. The zero-order valence-electron chi connectivity index (χ0n) is 16.8. The maximum Gasteiger partial charge on any atom is 0.326 e. The fourth-order valence-electron chi connectivity index (χ4n) is 3.88. The van der Waals surface area contributed by atoms with E-state index in [1.165, 1.54) is 0 Å². The number of nitrogens with one attached hydrogen (secondary N) is 1. The lowest BCUT2D eigenvalue weighted by Gasteiger charge is -2.27. The van der Waals surface area contributed by atoms with Gasteiger partial charge in [-0.25, -0.2) is 4.79 Å². The third kappa shape index (κ3) is 4.58. The van der Waals surface area contributed by atoms with E-state index in [4.69, 9.17) is 4.74 Å². The second-order valence-electron chi connectivity index (χ2n) is 7.87. The van der Waals surface area contributed by atoms with Gasteiger partial charge in [-0.05, 0) is 32.3 Å². The Labute approximate surface area is 170 Å². The van der Waals surface area contributed by atoms with Gasteiger partial charge >= 0.3 is 12.0 Å². The monoisotopic (exact) mass is 401 g/mol. The number of ether oxygens (including phenoxy) is 1. The molecule has 1 aliphatic carbocycles. The van der Waals surface area contributed by atoms with E-state index in [2.05, 4.69) is 5.32 Å². The Balaban J connectivity index is 1.53. The number of amides is 4. The van der Waals surface area contributed by atoms with Crippen LogP contribution in [0.2, 0.25) is 0 Å². The molecule has 29 heavy (non-hydrogen) atoms. The lowest BCUT2D eigenvalue weighted by Crippen LogP contribution is -2.44. The third-order valence-corrected chi connectivity index (χ3v) is 5.49. The summed E-state index contributed by atoms with van der Waals surface area (Å²) in [5.74, 6) is -1.49. The Morgan fingerprint density at radius 3 is 2.45 bits per heavy atom. The second-order valence-corrected chi connectivity index (χ2v) is 7.87. The first-order valence-electron chi connectivity index (χ1n) is 9.95. The zero-order chi connectivity index (χ0) is 21.0. The van der Waals surface area contributed by atoms with Gasteiger partial charge < -0.3 is 15.0 Å². The van der Waals surface area contributed by atoms with Crippen LogP contribution in [-0.2, 0) is 25.7 Å². The molecule has 1 saturated heterocycles. The van der Waals surface area contributed by atoms with E-state index in [0.717, 1.165) is 23.3 Å². The van der Waals surface area contributed by atoms with Crippen molar-refractivity contribution in [3.05, 3.63) is 35.9 Å². The van der Waals surface area contributed by atoms with Gasteiger partial charge in [0.15, 0.2) is 6.61 Å². The van der Waals surface area contributed by atoms with Gasteiger partial charge in [-0.2, -0.15) is 0 Å². The molecule has 156 valence electrons. The molecular weight excluding hydrogens is 374 g/mol. The summed E-state index contributed by atoms with van der Waals surface area (Å²) < 4.78 is 5.08. The van der Waals surface area contributed by atoms with E-state index in [9.17, 15) is 19.2 Å². The molecule has 1 N–H and O–H groups in total. The molecule has 1 spiro atoms. The number of esters is 1. The van der Waals surface area contributed by atoms with Crippen LogP contribution in [-0.4, -0.2) is 58.3 Å². The van der Waals surface area contributed by atoms with Gasteiger partial charge in [-0.15, -0.1) is 0 Å². The van der Waals surface area contributed by atoms with Crippen molar-refractivity contribution in [3.63, 3.8) is 0 Å². The smallest absolute Gasteiger partial charge is 0.326 e. The molecule has 0 aromatic heterocycles. The summed E-state index contributed by atoms with van der Waals surface area (Å²) >= 11 is 0. The van der Waals surface area contributed by atoms with Crippen LogP contribution in [0.25, 0.3) is 0 Å². The lowest BCUT2D eigenvalue weighted by molar-refractivity contribution is -0.154. The molecule has 0 atom stereocenters. The minimum Gasteiger partial charge on any atom is -0.454 e. The van der Waals surface area contributed by atoms with Gasteiger partial charge in [0.25, 0.3) is 11.8 Å². The predicted octanol–water partition coefficient (Wildman–Crippen LogP) is 1.83. The average Bonchev–Trinajstić information content (AvgIpc) is 3.25. The average molecular weight is 401 g/mol. The van der Waals surface area contributed by atoms with Gasteiger partial charge in [0.2, 0.25) is 0 Å². The van der Waals surface area contributed by atoms with E-state index >= 15 is 0 Å². The van der Waals surface area contributed by atoms with Crippen LogP contribution in [0.5, 0.6) is 0 Å². The summed E-state index contributed by atoms with van der Waals surface area (Å²) in [5.41, 5.74) is 0.110. The van der Waals surface area contributed by atoms with Crippen LogP contribution in [0.3, 0.4) is 0 Å². The highest BCUT2D eigenvalue weighted by atomic mass is 16.5. The van der Waals surface area contributed by atoms with Crippen LogP contribution in [0.1, 0.15) is 45.1 Å². The Morgan fingerprint density at radius 2 is 1.83 bits per heavy atom. The van der Waals surface area contributed by atoms with Gasteiger partial charge in [-0.1, -0.05) is 43.2 Å². The molecule has 0 unspecified atom stereocenters. The van der Waals surface area contributed by atoms with Crippen molar-refractivity contribution in [2.24, 2.45) is 0 Å². The number of imide groups is 1. The summed E-state index contributed by atoms with van der Waals surface area (Å²) in [5, 5.41) is 2.71. The van der Waals surface area contributed by atoms with Crippen molar-refractivity contribution in [1.82, 2.24) is 15.1 Å². The molecule has 1 heterocycles. The summed E-state index contributed by atoms with van der Waals surface area (Å²) in [6.45, 7) is 3.26. The minimum atomic E-state index is -0.864. The van der Waals surface area contributed by atoms with Gasteiger partial charge in [0.1, 0.15) is 12.1 Å². The third-order valence-electron chi connectivity index (χ3n) is 5.49. The van der Waals surface area contributed by atoms with Crippen molar-refractivity contribution in [2.45, 2.75) is 57.7 Å². The molecule has 3 rings (SSSR count). The Morgan fingerprint density at radius 1 is 1.17 bits per heavy atom. The van der Waals surface area contributed by atoms with Crippen molar-refractivity contribution in [1.29, 1.82) is 0 Å². The number of carbonyl (C=O) groups is 4. The van der Waals surface area contributed by atoms with Gasteiger partial charge in [0, 0.05) is 12.6 Å². The van der Waals surface area contributed by atoms with Crippen LogP contribution >= 0.6 is 0 Å². The SMILES string of the molecule is CC(C)N(Cc1ccccc1)C(=O)COC(=O)CN1C(=O)NC2(CCCC2)C1=O. The topological polar surface area (TPSA) is 96.0 Å². The fourth-order valence-corrected chi connectivity index (χ4v) is 3.88. The predicted molar refractivity (Wildman–Crippen MR) is 105 cm³/mol. The highest BCUT2D eigenvalue weighted by Crippen LogP contribution is 2.34. The molecule has 1 aromatic rings. The molecule has 4 amide bonds. The highest BCUT2D eigenvalue weighted by molar-refractivity contribution is 6.08. The zero-order valence-corrected chi connectivity index (χ0v) is 16.8. The van der Waals surface area contributed by atoms with Crippen LogP contribution < -0.4 is 5.32 Å². The molecule has 8 nitrogen and oxygen atoms in total. The minimum absolute atomic E-state index is 0.0745. The summed E-state index contributed by atoms with van der Waals surface area (Å²) in [6, 6.07) is 8.89. The molecule has 8 heteroatoms. The molecule has 1 aliphatic heterocycles. The van der Waals surface area contributed by atoms with Crippen molar-refractivity contribution >= 4 is 23.8 Å². The first-order valence-corrected chi connectivity index (χ1v) is 9.95. The van der Waals surface area contributed by atoms with Gasteiger partial charge in [-0.3, -0.25) is 19.3 Å².